The molecule has 1 aliphatic heterocycles. The average molecular weight is 323 g/mol. The molecule has 128 valence electrons. The molecular weight excluding hydrogens is 298 g/mol. The van der Waals surface area contributed by atoms with Gasteiger partial charge in [0.2, 0.25) is 0 Å². The molecule has 0 aromatic carbocycles. The predicted octanol–water partition coefficient (Wildman–Crippen LogP) is 0.980. The summed E-state index contributed by atoms with van der Waals surface area (Å²) in [4.78, 5) is 30.9. The number of aromatic amines is 1. The van der Waals surface area contributed by atoms with Gasteiger partial charge in [0, 0.05) is 31.2 Å². The lowest BCUT2D eigenvalue weighted by Gasteiger charge is -2.25. The zero-order valence-corrected chi connectivity index (χ0v) is 14.2. The number of carbonyl (C=O) groups excluding carboxylic acids is 1. The van der Waals surface area contributed by atoms with Crippen molar-refractivity contribution in [3.8, 4) is 0 Å². The molecule has 2 N–H and O–H groups in total. The number of carbonyl (C=O) groups is 2. The van der Waals surface area contributed by atoms with Crippen molar-refractivity contribution < 1.29 is 19.4 Å². The largest absolute Gasteiger partial charge is 0.478 e. The zero-order chi connectivity index (χ0) is 17.1. The second kappa shape index (κ2) is 7.14. The van der Waals surface area contributed by atoms with Crippen LogP contribution in [0.5, 0.6) is 0 Å². The quantitative estimate of drug-likeness (QED) is 0.863. The van der Waals surface area contributed by atoms with Crippen LogP contribution in [0.15, 0.2) is 0 Å². The molecule has 1 aromatic heterocycles. The smallest absolute Gasteiger partial charge is 0.337 e. The SMILES string of the molecule is Cc1[nH]c(C(=O)N2CCOC[C@H](CN(C)C)C2)c(C)c1C(=O)O. The molecule has 0 radical (unpaired) electrons. The van der Waals surface area contributed by atoms with Gasteiger partial charge in [-0.15, -0.1) is 0 Å². The van der Waals surface area contributed by atoms with E-state index >= 15 is 0 Å². The van der Waals surface area contributed by atoms with Crippen molar-refractivity contribution >= 4 is 11.9 Å². The lowest BCUT2D eigenvalue weighted by atomic mass is 10.1. The summed E-state index contributed by atoms with van der Waals surface area (Å²) in [5, 5.41) is 9.27. The summed E-state index contributed by atoms with van der Waals surface area (Å²) in [5.74, 6) is -0.931. The maximum absolute atomic E-state index is 12.8. The Morgan fingerprint density at radius 3 is 2.65 bits per heavy atom. The second-order valence-corrected chi connectivity index (χ2v) is 6.38. The zero-order valence-electron chi connectivity index (χ0n) is 14.2. The molecule has 1 saturated heterocycles. The number of amides is 1. The van der Waals surface area contributed by atoms with Crippen molar-refractivity contribution in [2.24, 2.45) is 5.92 Å². The number of nitrogens with one attached hydrogen (secondary N) is 1. The van der Waals surface area contributed by atoms with Crippen LogP contribution in [-0.2, 0) is 4.74 Å². The van der Waals surface area contributed by atoms with Crippen LogP contribution in [0.3, 0.4) is 0 Å². The van der Waals surface area contributed by atoms with Gasteiger partial charge in [-0.05, 0) is 33.5 Å². The van der Waals surface area contributed by atoms with Gasteiger partial charge in [-0.2, -0.15) is 0 Å². The predicted molar refractivity (Wildman–Crippen MR) is 86.0 cm³/mol. The van der Waals surface area contributed by atoms with Gasteiger partial charge < -0.3 is 24.6 Å². The van der Waals surface area contributed by atoms with Gasteiger partial charge in [0.1, 0.15) is 5.69 Å². The van der Waals surface area contributed by atoms with Gasteiger partial charge in [0.25, 0.3) is 5.91 Å². The molecule has 0 spiro atoms. The third-order valence-electron chi connectivity index (χ3n) is 4.11. The Bertz CT molecular complexity index is 594. The van der Waals surface area contributed by atoms with Crippen LogP contribution in [-0.4, -0.2) is 78.7 Å². The molecule has 0 aliphatic carbocycles. The summed E-state index contributed by atoms with van der Waals surface area (Å²) >= 11 is 0. The number of aromatic nitrogens is 1. The fraction of sp³-hybridized carbons (Fsp3) is 0.625. The number of aromatic carboxylic acids is 1. The molecule has 1 aliphatic rings. The lowest BCUT2D eigenvalue weighted by molar-refractivity contribution is 0.0695. The van der Waals surface area contributed by atoms with Crippen molar-refractivity contribution in [3.63, 3.8) is 0 Å². The van der Waals surface area contributed by atoms with Crippen molar-refractivity contribution in [2.75, 3.05) is 46.9 Å². The Morgan fingerprint density at radius 1 is 1.39 bits per heavy atom. The first kappa shape index (κ1) is 17.5. The number of ether oxygens (including phenoxy) is 1. The highest BCUT2D eigenvalue weighted by Gasteiger charge is 2.28. The van der Waals surface area contributed by atoms with Gasteiger partial charge in [-0.3, -0.25) is 4.79 Å². The van der Waals surface area contributed by atoms with Gasteiger partial charge in [-0.1, -0.05) is 0 Å². The van der Waals surface area contributed by atoms with Crippen molar-refractivity contribution in [2.45, 2.75) is 13.8 Å². The standard InChI is InChI=1S/C16H25N3O4/c1-10-13(16(21)22)11(2)17-14(10)15(20)19-5-6-23-9-12(8-19)7-18(3)4/h12,17H,5-9H2,1-4H3,(H,21,22)/t12-/m1/s1. The first-order valence-electron chi connectivity index (χ1n) is 7.75. The van der Waals surface area contributed by atoms with E-state index in [2.05, 4.69) is 9.88 Å². The Balaban J connectivity index is 2.22. The van der Waals surface area contributed by atoms with Gasteiger partial charge in [-0.25, -0.2) is 4.79 Å². The summed E-state index contributed by atoms with van der Waals surface area (Å²) in [5.41, 5.74) is 1.55. The number of nitrogens with zero attached hydrogens (tertiary/aromatic N) is 2. The number of carboxylic acid groups (broad SMARTS) is 1. The molecule has 0 saturated carbocycles. The van der Waals surface area contributed by atoms with E-state index in [-0.39, 0.29) is 17.4 Å². The van der Waals surface area contributed by atoms with Crippen LogP contribution in [0.2, 0.25) is 0 Å². The maximum Gasteiger partial charge on any atom is 0.337 e. The fourth-order valence-corrected chi connectivity index (χ4v) is 3.13. The van der Waals surface area contributed by atoms with Crippen LogP contribution in [0.25, 0.3) is 0 Å². The van der Waals surface area contributed by atoms with Crippen molar-refractivity contribution in [1.29, 1.82) is 0 Å². The molecule has 7 heteroatoms. The first-order valence-corrected chi connectivity index (χ1v) is 7.75. The fourth-order valence-electron chi connectivity index (χ4n) is 3.13. The number of H-pyrrole nitrogens is 1. The number of carboxylic acids is 1. The minimum Gasteiger partial charge on any atom is -0.478 e. The highest BCUT2D eigenvalue weighted by molar-refractivity contribution is 5.99. The molecule has 2 rings (SSSR count). The molecule has 0 unspecified atom stereocenters. The second-order valence-electron chi connectivity index (χ2n) is 6.38. The molecule has 7 nitrogen and oxygen atoms in total. The number of hydrogen-bond acceptors (Lipinski definition) is 4. The third-order valence-corrected chi connectivity index (χ3v) is 4.11. The van der Waals surface area contributed by atoms with E-state index in [1.807, 2.05) is 14.1 Å². The van der Waals surface area contributed by atoms with E-state index in [4.69, 9.17) is 4.74 Å². The number of aryl methyl sites for hydroxylation is 1. The van der Waals surface area contributed by atoms with E-state index in [9.17, 15) is 14.7 Å². The van der Waals surface area contributed by atoms with E-state index in [0.717, 1.165) is 6.54 Å². The third kappa shape index (κ3) is 3.92. The molecular formula is C16H25N3O4. The maximum atomic E-state index is 12.8. The van der Waals surface area contributed by atoms with Gasteiger partial charge in [0.05, 0.1) is 18.8 Å². The first-order chi connectivity index (χ1) is 10.8. The molecule has 1 fully saturated rings. The number of rotatable bonds is 4. The summed E-state index contributed by atoms with van der Waals surface area (Å²) < 4.78 is 5.60. The summed E-state index contributed by atoms with van der Waals surface area (Å²) in [6.45, 7) is 6.44. The Labute approximate surface area is 136 Å². The van der Waals surface area contributed by atoms with Crippen LogP contribution < -0.4 is 0 Å². The van der Waals surface area contributed by atoms with Gasteiger partial charge in [0.15, 0.2) is 0 Å². The Kier molecular flexibility index (Phi) is 5.43. The van der Waals surface area contributed by atoms with E-state index in [1.54, 1.807) is 18.7 Å². The highest BCUT2D eigenvalue weighted by atomic mass is 16.5. The van der Waals surface area contributed by atoms with Crippen LogP contribution in [0, 0.1) is 19.8 Å². The van der Waals surface area contributed by atoms with Crippen LogP contribution in [0.1, 0.15) is 32.1 Å². The molecule has 2 heterocycles. The summed E-state index contributed by atoms with van der Waals surface area (Å²) in [6.07, 6.45) is 0. The normalized spacial score (nSPS) is 19.0. The molecule has 1 amide bonds. The Morgan fingerprint density at radius 2 is 2.09 bits per heavy atom. The van der Waals surface area contributed by atoms with Crippen LogP contribution in [0.4, 0.5) is 0 Å². The minimum atomic E-state index is -1.01. The van der Waals surface area contributed by atoms with Crippen LogP contribution >= 0.6 is 0 Å². The van der Waals surface area contributed by atoms with Crippen molar-refractivity contribution in [1.82, 2.24) is 14.8 Å². The molecule has 0 bridgehead atoms. The highest BCUT2D eigenvalue weighted by Crippen LogP contribution is 2.20. The summed E-state index contributed by atoms with van der Waals surface area (Å²) in [6, 6.07) is 0. The molecule has 23 heavy (non-hydrogen) atoms. The summed E-state index contributed by atoms with van der Waals surface area (Å²) in [7, 11) is 3.99. The van der Waals surface area contributed by atoms with Crippen molar-refractivity contribution in [3.05, 3.63) is 22.5 Å². The molecule has 1 aromatic rings. The van der Waals surface area contributed by atoms with E-state index in [0.29, 0.717) is 43.3 Å². The number of hydrogen-bond donors (Lipinski definition) is 2. The average Bonchev–Trinajstić information content (AvgIpc) is 2.62. The Hall–Kier alpha value is -1.86. The lowest BCUT2D eigenvalue weighted by Crippen LogP contribution is -2.39. The molecule has 1 atom stereocenters. The van der Waals surface area contributed by atoms with E-state index in [1.165, 1.54) is 0 Å². The minimum absolute atomic E-state index is 0.160. The topological polar surface area (TPSA) is 85.9 Å². The monoisotopic (exact) mass is 323 g/mol. The van der Waals surface area contributed by atoms with E-state index < -0.39 is 5.97 Å². The van der Waals surface area contributed by atoms with Gasteiger partial charge >= 0.3 is 5.97 Å².